The lowest BCUT2D eigenvalue weighted by atomic mass is 10.2. The van der Waals surface area contributed by atoms with Gasteiger partial charge in [0, 0.05) is 11.4 Å². The summed E-state index contributed by atoms with van der Waals surface area (Å²) in [4.78, 5) is 12.0. The number of rotatable bonds is 5. The highest BCUT2D eigenvalue weighted by Gasteiger charge is 2.07. The van der Waals surface area contributed by atoms with Gasteiger partial charge in [0.2, 0.25) is 0 Å². The maximum absolute atomic E-state index is 10.6. The molecule has 0 amide bonds. The number of carboxylic acids is 1. The number of terminal acetylenes is 1. The van der Waals surface area contributed by atoms with E-state index in [9.17, 15) is 4.79 Å². The minimum atomic E-state index is -0.879. The predicted octanol–water partition coefficient (Wildman–Crippen LogP) is 1.95. The third-order valence-corrected chi connectivity index (χ3v) is 3.08. The van der Waals surface area contributed by atoms with Gasteiger partial charge in [-0.25, -0.2) is 4.79 Å². The Balaban J connectivity index is 2.51. The maximum Gasteiger partial charge on any atom is 0.345 e. The molecular weight excluding hydrogens is 210 g/mol. The fraction of sp³-hybridized carbons (Fsp3) is 0.364. The van der Waals surface area contributed by atoms with E-state index in [0.717, 1.165) is 11.3 Å². The second-order valence-electron chi connectivity index (χ2n) is 3.08. The first-order valence-electron chi connectivity index (χ1n) is 4.69. The van der Waals surface area contributed by atoms with E-state index in [1.807, 2.05) is 13.0 Å². The van der Waals surface area contributed by atoms with Crippen LogP contribution in [0, 0.1) is 12.3 Å². The van der Waals surface area contributed by atoms with Crippen LogP contribution in [0.2, 0.25) is 0 Å². The van der Waals surface area contributed by atoms with Crippen molar-refractivity contribution in [2.45, 2.75) is 25.9 Å². The van der Waals surface area contributed by atoms with Crippen LogP contribution >= 0.6 is 11.3 Å². The zero-order chi connectivity index (χ0) is 11.3. The van der Waals surface area contributed by atoms with Crippen LogP contribution in [0.25, 0.3) is 0 Å². The van der Waals surface area contributed by atoms with Crippen LogP contribution in [0.3, 0.4) is 0 Å². The third kappa shape index (κ3) is 3.39. The normalized spacial score (nSPS) is 12.0. The van der Waals surface area contributed by atoms with Gasteiger partial charge in [-0.15, -0.1) is 17.8 Å². The Morgan fingerprint density at radius 1 is 1.73 bits per heavy atom. The van der Waals surface area contributed by atoms with Crippen molar-refractivity contribution in [3.05, 3.63) is 21.9 Å². The number of hydrogen-bond acceptors (Lipinski definition) is 3. The molecule has 0 spiro atoms. The topological polar surface area (TPSA) is 49.3 Å². The molecule has 0 aliphatic heterocycles. The first-order valence-corrected chi connectivity index (χ1v) is 5.50. The Labute approximate surface area is 93.1 Å². The highest BCUT2D eigenvalue weighted by Crippen LogP contribution is 2.16. The molecule has 1 aromatic rings. The largest absolute Gasteiger partial charge is 0.477 e. The van der Waals surface area contributed by atoms with Crippen LogP contribution in [-0.2, 0) is 6.54 Å². The molecule has 0 radical (unpaired) electrons. The molecule has 0 bridgehead atoms. The molecule has 0 aromatic carbocycles. The summed E-state index contributed by atoms with van der Waals surface area (Å²) in [7, 11) is 0. The summed E-state index contributed by atoms with van der Waals surface area (Å²) < 4.78 is 0. The van der Waals surface area contributed by atoms with Crippen molar-refractivity contribution in [1.29, 1.82) is 0 Å². The van der Waals surface area contributed by atoms with Crippen LogP contribution in [-0.4, -0.2) is 17.1 Å². The molecule has 1 aromatic heterocycles. The number of carbonyl (C=O) groups is 1. The molecule has 0 saturated heterocycles. The molecule has 0 fully saturated rings. The Morgan fingerprint density at radius 2 is 2.47 bits per heavy atom. The van der Waals surface area contributed by atoms with E-state index >= 15 is 0 Å². The van der Waals surface area contributed by atoms with E-state index < -0.39 is 5.97 Å². The lowest BCUT2D eigenvalue weighted by Gasteiger charge is -2.08. The van der Waals surface area contributed by atoms with E-state index in [4.69, 9.17) is 11.5 Å². The van der Waals surface area contributed by atoms with Crippen molar-refractivity contribution in [1.82, 2.24) is 5.32 Å². The number of aromatic carboxylic acids is 1. The van der Waals surface area contributed by atoms with Gasteiger partial charge in [-0.05, 0) is 18.6 Å². The van der Waals surface area contributed by atoms with Crippen LogP contribution in [0.4, 0.5) is 0 Å². The molecule has 1 rings (SSSR count). The van der Waals surface area contributed by atoms with Gasteiger partial charge in [0.1, 0.15) is 4.88 Å². The molecule has 0 saturated carbocycles. The molecule has 15 heavy (non-hydrogen) atoms. The number of hydrogen-bond donors (Lipinski definition) is 2. The Bertz CT molecular complexity index is 378. The van der Waals surface area contributed by atoms with E-state index in [1.165, 1.54) is 11.3 Å². The molecule has 1 atom stereocenters. The summed E-state index contributed by atoms with van der Waals surface area (Å²) in [5.74, 6) is 1.75. The Morgan fingerprint density at radius 3 is 2.93 bits per heavy atom. The molecule has 1 heterocycles. The Hall–Kier alpha value is -1.31. The van der Waals surface area contributed by atoms with Gasteiger partial charge in [0.25, 0.3) is 0 Å². The van der Waals surface area contributed by atoms with E-state index in [2.05, 4.69) is 11.2 Å². The van der Waals surface area contributed by atoms with Gasteiger partial charge in [-0.2, -0.15) is 0 Å². The van der Waals surface area contributed by atoms with Gasteiger partial charge in [-0.1, -0.05) is 12.8 Å². The molecule has 3 nitrogen and oxygen atoms in total. The fourth-order valence-electron chi connectivity index (χ4n) is 1.13. The molecular formula is C11H13NO2S. The minimum absolute atomic E-state index is 0.0559. The molecule has 0 aliphatic carbocycles. The second kappa shape index (κ2) is 5.54. The highest BCUT2D eigenvalue weighted by molar-refractivity contribution is 7.13. The number of thiophene rings is 1. The molecule has 0 aliphatic rings. The molecule has 80 valence electrons. The summed E-state index contributed by atoms with van der Waals surface area (Å²) in [6, 6.07) is 3.48. The van der Waals surface area contributed by atoms with Gasteiger partial charge < -0.3 is 5.11 Å². The van der Waals surface area contributed by atoms with Crippen LogP contribution < -0.4 is 5.32 Å². The Kier molecular flexibility index (Phi) is 4.35. The second-order valence-corrected chi connectivity index (χ2v) is 4.25. The van der Waals surface area contributed by atoms with E-state index in [1.54, 1.807) is 6.07 Å². The van der Waals surface area contributed by atoms with Gasteiger partial charge in [0.05, 0.1) is 6.04 Å². The first-order chi connectivity index (χ1) is 7.17. The summed E-state index contributed by atoms with van der Waals surface area (Å²) >= 11 is 1.27. The minimum Gasteiger partial charge on any atom is -0.477 e. The van der Waals surface area contributed by atoms with Crippen LogP contribution in [0.5, 0.6) is 0 Å². The van der Waals surface area contributed by atoms with Crippen molar-refractivity contribution >= 4 is 17.3 Å². The smallest absolute Gasteiger partial charge is 0.345 e. The van der Waals surface area contributed by atoms with Crippen molar-refractivity contribution in [2.75, 3.05) is 0 Å². The SMILES string of the molecule is C#CC(CC)NCc1ccc(C(=O)O)s1. The average molecular weight is 223 g/mol. The maximum atomic E-state index is 10.6. The monoisotopic (exact) mass is 223 g/mol. The first kappa shape index (κ1) is 11.8. The zero-order valence-electron chi connectivity index (χ0n) is 8.49. The summed E-state index contributed by atoms with van der Waals surface area (Å²) in [6.07, 6.45) is 6.17. The third-order valence-electron chi connectivity index (χ3n) is 2.00. The van der Waals surface area contributed by atoms with Crippen LogP contribution in [0.15, 0.2) is 12.1 Å². The van der Waals surface area contributed by atoms with Crippen molar-refractivity contribution < 1.29 is 9.90 Å². The molecule has 4 heteroatoms. The van der Waals surface area contributed by atoms with E-state index in [-0.39, 0.29) is 6.04 Å². The fourth-order valence-corrected chi connectivity index (χ4v) is 1.93. The van der Waals surface area contributed by atoms with Crippen molar-refractivity contribution in [2.24, 2.45) is 0 Å². The van der Waals surface area contributed by atoms with Crippen molar-refractivity contribution in [3.63, 3.8) is 0 Å². The van der Waals surface area contributed by atoms with Crippen LogP contribution in [0.1, 0.15) is 27.9 Å². The highest BCUT2D eigenvalue weighted by atomic mass is 32.1. The standard InChI is InChI=1S/C11H13NO2S/c1-3-8(4-2)12-7-9-5-6-10(15-9)11(13)14/h1,5-6,8,12H,4,7H2,2H3,(H,13,14). The molecule has 2 N–H and O–H groups in total. The van der Waals surface area contributed by atoms with Gasteiger partial charge >= 0.3 is 5.97 Å². The molecule has 1 unspecified atom stereocenters. The lowest BCUT2D eigenvalue weighted by Crippen LogP contribution is -2.25. The van der Waals surface area contributed by atoms with Crippen molar-refractivity contribution in [3.8, 4) is 12.3 Å². The zero-order valence-corrected chi connectivity index (χ0v) is 9.30. The van der Waals surface area contributed by atoms with Gasteiger partial charge in [0.15, 0.2) is 0 Å². The van der Waals surface area contributed by atoms with Gasteiger partial charge in [-0.3, -0.25) is 5.32 Å². The predicted molar refractivity (Wildman–Crippen MR) is 61.0 cm³/mol. The quantitative estimate of drug-likeness (QED) is 0.750. The summed E-state index contributed by atoms with van der Waals surface area (Å²) in [5.41, 5.74) is 0. The number of carboxylic acid groups (broad SMARTS) is 1. The summed E-state index contributed by atoms with van der Waals surface area (Å²) in [5, 5.41) is 11.9. The lowest BCUT2D eigenvalue weighted by molar-refractivity contribution is 0.0702. The summed E-state index contributed by atoms with van der Waals surface area (Å²) in [6.45, 7) is 2.63. The van der Waals surface area contributed by atoms with E-state index in [0.29, 0.717) is 11.4 Å². The number of nitrogens with one attached hydrogen (secondary N) is 1. The average Bonchev–Trinajstić information content (AvgIpc) is 2.68.